The molecule has 1 aromatic heterocycles. The van der Waals surface area contributed by atoms with Crippen LogP contribution in [0.15, 0.2) is 41.3 Å². The highest BCUT2D eigenvalue weighted by Crippen LogP contribution is 2.16. The van der Waals surface area contributed by atoms with Crippen molar-refractivity contribution in [3.63, 3.8) is 0 Å². The number of halogens is 1. The highest BCUT2D eigenvalue weighted by atomic mass is 19.1. The summed E-state index contributed by atoms with van der Waals surface area (Å²) in [6.07, 6.45) is 1.25. The molecule has 2 rings (SSSR count). The van der Waals surface area contributed by atoms with Crippen molar-refractivity contribution in [1.29, 1.82) is 0 Å². The molecule has 1 aromatic carbocycles. The molecule has 0 saturated heterocycles. The molecule has 0 aliphatic carbocycles. The maximum atomic E-state index is 13.8. The van der Waals surface area contributed by atoms with Crippen molar-refractivity contribution in [2.75, 3.05) is 11.9 Å². The molecule has 6 heteroatoms. The maximum absolute atomic E-state index is 13.8. The summed E-state index contributed by atoms with van der Waals surface area (Å²) in [7, 11) is 0. The summed E-state index contributed by atoms with van der Waals surface area (Å²) >= 11 is 0. The van der Waals surface area contributed by atoms with Crippen LogP contribution in [0.4, 0.5) is 10.1 Å². The molecule has 3 N–H and O–H groups in total. The molecule has 0 aliphatic rings. The van der Waals surface area contributed by atoms with Crippen LogP contribution in [0.2, 0.25) is 0 Å². The zero-order chi connectivity index (χ0) is 15.2. The number of aliphatic hydroxyl groups is 1. The van der Waals surface area contributed by atoms with Gasteiger partial charge in [-0.25, -0.2) is 4.39 Å². The smallest absolute Gasteiger partial charge is 0.257 e. The topological polar surface area (TPSA) is 82.2 Å². The van der Waals surface area contributed by atoms with Gasteiger partial charge in [-0.3, -0.25) is 9.59 Å². The molecule has 0 unspecified atom stereocenters. The summed E-state index contributed by atoms with van der Waals surface area (Å²) in [5.74, 6) is 3.78. The van der Waals surface area contributed by atoms with E-state index >= 15 is 0 Å². The predicted octanol–water partition coefficient (Wildman–Crippen LogP) is 1.11. The lowest BCUT2D eigenvalue weighted by molar-refractivity contribution is 0.102. The Morgan fingerprint density at radius 1 is 1.33 bits per heavy atom. The number of rotatable bonds is 2. The van der Waals surface area contributed by atoms with E-state index in [9.17, 15) is 14.0 Å². The van der Waals surface area contributed by atoms with Gasteiger partial charge in [0.15, 0.2) is 0 Å². The number of hydrogen-bond donors (Lipinski definition) is 3. The van der Waals surface area contributed by atoms with Crippen LogP contribution in [0.3, 0.4) is 0 Å². The van der Waals surface area contributed by atoms with Gasteiger partial charge in [0.2, 0.25) is 5.56 Å². The number of pyridine rings is 1. The molecular weight excluding hydrogens is 275 g/mol. The Bertz CT molecular complexity index is 767. The Labute approximate surface area is 119 Å². The first kappa shape index (κ1) is 14.5. The zero-order valence-corrected chi connectivity index (χ0v) is 10.8. The van der Waals surface area contributed by atoms with Crippen LogP contribution in [0.5, 0.6) is 0 Å². The highest BCUT2D eigenvalue weighted by Gasteiger charge is 2.09. The van der Waals surface area contributed by atoms with E-state index in [1.165, 1.54) is 30.5 Å². The van der Waals surface area contributed by atoms with Crippen LogP contribution in [0.1, 0.15) is 15.9 Å². The quantitative estimate of drug-likeness (QED) is 0.723. The first-order valence-electron chi connectivity index (χ1n) is 5.99. The van der Waals surface area contributed by atoms with Crippen LogP contribution in [-0.4, -0.2) is 22.6 Å². The van der Waals surface area contributed by atoms with Crippen LogP contribution in [0, 0.1) is 17.7 Å². The summed E-state index contributed by atoms with van der Waals surface area (Å²) in [5.41, 5.74) is 0.270. The second-order valence-corrected chi connectivity index (χ2v) is 4.05. The molecule has 0 spiro atoms. The Hall–Kier alpha value is -2.91. The van der Waals surface area contributed by atoms with Gasteiger partial charge in [0.05, 0.1) is 11.3 Å². The summed E-state index contributed by atoms with van der Waals surface area (Å²) in [5, 5.41) is 11.0. The van der Waals surface area contributed by atoms with Crippen molar-refractivity contribution >= 4 is 11.6 Å². The van der Waals surface area contributed by atoms with Gasteiger partial charge in [0.25, 0.3) is 5.91 Å². The van der Waals surface area contributed by atoms with Gasteiger partial charge < -0.3 is 15.4 Å². The summed E-state index contributed by atoms with van der Waals surface area (Å²) in [6, 6.07) is 6.60. The lowest BCUT2D eigenvalue weighted by Crippen LogP contribution is -2.15. The van der Waals surface area contributed by atoms with Gasteiger partial charge in [-0.15, -0.1) is 0 Å². The fourth-order valence-corrected chi connectivity index (χ4v) is 1.58. The average Bonchev–Trinajstić information content (AvgIpc) is 2.48. The monoisotopic (exact) mass is 286 g/mol. The largest absolute Gasteiger partial charge is 0.384 e. The Kier molecular flexibility index (Phi) is 4.49. The SMILES string of the molecule is O=C(Nc1ccc(C#CCO)cc1F)c1ccc(=O)[nH]c1. The number of carbonyl (C=O) groups excluding carboxylic acids is 1. The third-order valence-corrected chi connectivity index (χ3v) is 2.58. The van der Waals surface area contributed by atoms with Crippen LogP contribution in [0.25, 0.3) is 0 Å². The second-order valence-electron chi connectivity index (χ2n) is 4.05. The number of aliphatic hydroxyl groups excluding tert-OH is 1. The molecule has 106 valence electrons. The molecule has 1 amide bonds. The van der Waals surface area contributed by atoms with Crippen molar-refractivity contribution in [2.24, 2.45) is 0 Å². The first-order valence-corrected chi connectivity index (χ1v) is 5.99. The maximum Gasteiger partial charge on any atom is 0.257 e. The van der Waals surface area contributed by atoms with Gasteiger partial charge in [-0.1, -0.05) is 11.8 Å². The molecule has 0 radical (unpaired) electrons. The standard InChI is InChI=1S/C15H11FN2O3/c16-12-8-10(2-1-7-19)3-5-13(12)18-15(21)11-4-6-14(20)17-9-11/h3-6,8-9,19H,7H2,(H,17,20)(H,18,21). The molecule has 0 aliphatic heterocycles. The molecule has 5 nitrogen and oxygen atoms in total. The predicted molar refractivity (Wildman–Crippen MR) is 75.4 cm³/mol. The third kappa shape index (κ3) is 3.78. The van der Waals surface area contributed by atoms with E-state index in [0.717, 1.165) is 6.07 Å². The van der Waals surface area contributed by atoms with Gasteiger partial charge in [0, 0.05) is 17.8 Å². The number of amides is 1. The Balaban J connectivity index is 2.17. The van der Waals surface area contributed by atoms with Gasteiger partial charge in [-0.2, -0.15) is 0 Å². The average molecular weight is 286 g/mol. The summed E-state index contributed by atoms with van der Waals surface area (Å²) < 4.78 is 13.8. The van der Waals surface area contributed by atoms with E-state index < -0.39 is 11.7 Å². The second kappa shape index (κ2) is 6.50. The molecule has 2 aromatic rings. The number of nitrogens with one attached hydrogen (secondary N) is 2. The minimum absolute atomic E-state index is 0.000693. The van der Waals surface area contributed by atoms with Crippen LogP contribution in [-0.2, 0) is 0 Å². The van der Waals surface area contributed by atoms with E-state index in [1.54, 1.807) is 0 Å². The number of benzene rings is 1. The number of aromatic nitrogens is 1. The van der Waals surface area contributed by atoms with Crippen LogP contribution >= 0.6 is 0 Å². The summed E-state index contributed by atoms with van der Waals surface area (Å²) in [6.45, 7) is -0.313. The minimum atomic E-state index is -0.641. The molecule has 1 heterocycles. The van der Waals surface area contributed by atoms with Crippen LogP contribution < -0.4 is 10.9 Å². The van der Waals surface area contributed by atoms with Gasteiger partial charge in [0.1, 0.15) is 12.4 Å². The lowest BCUT2D eigenvalue weighted by Gasteiger charge is -2.06. The van der Waals surface area contributed by atoms with Crippen molar-refractivity contribution in [2.45, 2.75) is 0 Å². The van der Waals surface area contributed by atoms with Crippen molar-refractivity contribution in [1.82, 2.24) is 4.98 Å². The normalized spacial score (nSPS) is 9.62. The Morgan fingerprint density at radius 3 is 2.76 bits per heavy atom. The van der Waals surface area contributed by atoms with E-state index in [2.05, 4.69) is 22.1 Å². The zero-order valence-electron chi connectivity index (χ0n) is 10.8. The molecule has 0 saturated carbocycles. The lowest BCUT2D eigenvalue weighted by atomic mass is 10.2. The molecule has 21 heavy (non-hydrogen) atoms. The fourth-order valence-electron chi connectivity index (χ4n) is 1.58. The van der Waals surface area contributed by atoms with Crippen molar-refractivity contribution in [3.05, 3.63) is 63.8 Å². The Morgan fingerprint density at radius 2 is 2.14 bits per heavy atom. The molecule has 0 bridgehead atoms. The van der Waals surface area contributed by atoms with E-state index in [0.29, 0.717) is 5.56 Å². The number of H-pyrrole nitrogens is 1. The molecular formula is C15H11FN2O3. The van der Waals surface area contributed by atoms with E-state index in [4.69, 9.17) is 5.11 Å². The highest BCUT2D eigenvalue weighted by molar-refractivity contribution is 6.04. The van der Waals surface area contributed by atoms with Gasteiger partial charge in [-0.05, 0) is 24.3 Å². The fraction of sp³-hybridized carbons (Fsp3) is 0.0667. The number of anilines is 1. The summed E-state index contributed by atoms with van der Waals surface area (Å²) in [4.78, 5) is 25.1. The van der Waals surface area contributed by atoms with E-state index in [1.807, 2.05) is 0 Å². The number of carbonyl (C=O) groups is 1. The number of hydrogen-bond acceptors (Lipinski definition) is 3. The van der Waals surface area contributed by atoms with Gasteiger partial charge >= 0.3 is 0 Å². The molecule has 0 fully saturated rings. The van der Waals surface area contributed by atoms with E-state index in [-0.39, 0.29) is 23.4 Å². The minimum Gasteiger partial charge on any atom is -0.384 e. The third-order valence-electron chi connectivity index (χ3n) is 2.58. The number of aromatic amines is 1. The van der Waals surface area contributed by atoms with Crippen molar-refractivity contribution < 1.29 is 14.3 Å². The van der Waals surface area contributed by atoms with Crippen molar-refractivity contribution in [3.8, 4) is 11.8 Å². The first-order chi connectivity index (χ1) is 10.1. The molecule has 0 atom stereocenters.